The monoisotopic (exact) mass is 426 g/mol. The molecule has 0 N–H and O–H groups in total. The van der Waals surface area contributed by atoms with Gasteiger partial charge in [-0.25, -0.2) is 8.42 Å². The summed E-state index contributed by atoms with van der Waals surface area (Å²) in [5.41, 5.74) is 0.963. The number of hydrogen-bond acceptors (Lipinski definition) is 7. The second kappa shape index (κ2) is 9.84. The first-order chi connectivity index (χ1) is 13.7. The molecular weight excluding hydrogens is 400 g/mol. The van der Waals surface area contributed by atoms with Gasteiger partial charge in [-0.3, -0.25) is 14.4 Å². The van der Waals surface area contributed by atoms with Gasteiger partial charge in [0.05, 0.1) is 19.1 Å². The number of ether oxygens (including phenoxy) is 2. The van der Waals surface area contributed by atoms with Crippen LogP contribution in [0.1, 0.15) is 18.4 Å². The van der Waals surface area contributed by atoms with Crippen molar-refractivity contribution >= 4 is 27.9 Å². The van der Waals surface area contributed by atoms with Gasteiger partial charge in [-0.2, -0.15) is 4.31 Å². The molecule has 1 amide bonds. The van der Waals surface area contributed by atoms with Crippen LogP contribution in [0.15, 0.2) is 29.2 Å². The van der Waals surface area contributed by atoms with E-state index in [9.17, 15) is 22.8 Å². The molecule has 29 heavy (non-hydrogen) atoms. The van der Waals surface area contributed by atoms with Crippen molar-refractivity contribution in [2.45, 2.75) is 24.7 Å². The maximum atomic E-state index is 12.8. The number of amides is 1. The van der Waals surface area contributed by atoms with E-state index in [0.717, 1.165) is 10.5 Å². The molecule has 1 aromatic carbocycles. The number of carbonyl (C=O) groups is 3. The molecule has 0 unspecified atom stereocenters. The Morgan fingerprint density at radius 1 is 1.00 bits per heavy atom. The lowest BCUT2D eigenvalue weighted by atomic mass is 9.96. The van der Waals surface area contributed by atoms with E-state index in [1.165, 1.54) is 18.5 Å². The van der Waals surface area contributed by atoms with Crippen molar-refractivity contribution in [1.29, 1.82) is 0 Å². The van der Waals surface area contributed by atoms with Crippen molar-refractivity contribution in [2.75, 3.05) is 40.4 Å². The summed E-state index contributed by atoms with van der Waals surface area (Å²) in [5, 5.41) is 0. The number of nitrogens with zero attached hydrogens (tertiary/aromatic N) is 2. The first-order valence-corrected chi connectivity index (χ1v) is 10.6. The molecule has 1 aliphatic rings. The van der Waals surface area contributed by atoms with E-state index in [4.69, 9.17) is 0 Å². The fourth-order valence-corrected chi connectivity index (χ4v) is 4.58. The summed E-state index contributed by atoms with van der Waals surface area (Å²) in [7, 11) is -1.25. The number of esters is 2. The van der Waals surface area contributed by atoms with Gasteiger partial charge in [0.1, 0.15) is 13.1 Å². The van der Waals surface area contributed by atoms with Gasteiger partial charge in [-0.15, -0.1) is 0 Å². The lowest BCUT2D eigenvalue weighted by molar-refractivity contribution is -0.154. The molecule has 10 heteroatoms. The van der Waals surface area contributed by atoms with Gasteiger partial charge in [0.15, 0.2) is 0 Å². The highest BCUT2D eigenvalue weighted by Gasteiger charge is 2.35. The Kier molecular flexibility index (Phi) is 7.74. The maximum Gasteiger partial charge on any atom is 0.325 e. The third kappa shape index (κ3) is 5.77. The first kappa shape index (κ1) is 22.8. The highest BCUT2D eigenvalue weighted by atomic mass is 32.2. The Hall–Kier alpha value is -2.46. The Morgan fingerprint density at radius 3 is 1.93 bits per heavy atom. The van der Waals surface area contributed by atoms with E-state index >= 15 is 0 Å². The van der Waals surface area contributed by atoms with Crippen LogP contribution in [0.3, 0.4) is 0 Å². The number of benzene rings is 1. The minimum Gasteiger partial charge on any atom is -0.468 e. The molecule has 0 aliphatic carbocycles. The zero-order valence-corrected chi connectivity index (χ0v) is 17.6. The molecule has 1 saturated heterocycles. The van der Waals surface area contributed by atoms with E-state index in [0.29, 0.717) is 12.8 Å². The maximum absolute atomic E-state index is 12.8. The average Bonchev–Trinajstić information content (AvgIpc) is 2.72. The molecule has 9 nitrogen and oxygen atoms in total. The van der Waals surface area contributed by atoms with Gasteiger partial charge in [-0.05, 0) is 31.9 Å². The van der Waals surface area contributed by atoms with E-state index in [2.05, 4.69) is 9.47 Å². The van der Waals surface area contributed by atoms with Crippen LogP contribution in [0.4, 0.5) is 0 Å². The molecule has 160 valence electrons. The molecule has 2 rings (SSSR count). The smallest absolute Gasteiger partial charge is 0.325 e. The molecular formula is C19H26N2O7S. The number of piperidine rings is 1. The summed E-state index contributed by atoms with van der Waals surface area (Å²) < 4.78 is 36.1. The van der Waals surface area contributed by atoms with Crippen molar-refractivity contribution in [3.05, 3.63) is 29.8 Å². The minimum absolute atomic E-state index is 0.177. The lowest BCUT2D eigenvalue weighted by Gasteiger charge is -2.33. The average molecular weight is 426 g/mol. The van der Waals surface area contributed by atoms with E-state index < -0.39 is 33.8 Å². The summed E-state index contributed by atoms with van der Waals surface area (Å²) in [4.78, 5) is 37.3. The minimum atomic E-state index is -3.63. The van der Waals surface area contributed by atoms with Crippen LogP contribution in [0.25, 0.3) is 0 Å². The van der Waals surface area contributed by atoms with Crippen LogP contribution in [-0.2, 0) is 33.9 Å². The van der Waals surface area contributed by atoms with E-state index in [1.807, 2.05) is 6.92 Å². The standard InChI is InChI=1S/C19H26N2O7S/c1-14-4-6-16(7-5-14)29(25,26)21-10-8-15(9-11-21)19(24)20(12-17(22)27-2)13-18(23)28-3/h4-7,15H,8-13H2,1-3H3. The number of hydrogen-bond donors (Lipinski definition) is 0. The summed E-state index contributed by atoms with van der Waals surface area (Å²) in [6, 6.07) is 6.61. The molecule has 0 atom stereocenters. The molecule has 1 aromatic rings. The third-order valence-electron chi connectivity index (χ3n) is 4.87. The van der Waals surface area contributed by atoms with Crippen molar-refractivity contribution < 1.29 is 32.3 Å². The van der Waals surface area contributed by atoms with E-state index in [1.54, 1.807) is 24.3 Å². The predicted octanol–water partition coefficient (Wildman–Crippen LogP) is 0.570. The number of sulfonamides is 1. The molecule has 0 aromatic heterocycles. The Bertz CT molecular complexity index is 826. The quantitative estimate of drug-likeness (QED) is 0.586. The zero-order valence-electron chi connectivity index (χ0n) is 16.8. The van der Waals surface area contributed by atoms with Gasteiger partial charge in [-0.1, -0.05) is 17.7 Å². The molecule has 1 fully saturated rings. The Morgan fingerprint density at radius 2 is 1.48 bits per heavy atom. The summed E-state index contributed by atoms with van der Waals surface area (Å²) in [5.74, 6) is -2.19. The highest BCUT2D eigenvalue weighted by Crippen LogP contribution is 2.25. The summed E-state index contributed by atoms with van der Waals surface area (Å²) in [6.45, 7) is 1.49. The molecule has 0 saturated carbocycles. The van der Waals surface area contributed by atoms with Crippen molar-refractivity contribution in [2.24, 2.45) is 5.92 Å². The topological polar surface area (TPSA) is 110 Å². The molecule has 1 aliphatic heterocycles. The predicted molar refractivity (Wildman–Crippen MR) is 103 cm³/mol. The van der Waals surface area contributed by atoms with Crippen LogP contribution in [0.5, 0.6) is 0 Å². The Labute approximate surface area is 170 Å². The number of carbonyl (C=O) groups excluding carboxylic acids is 3. The molecule has 0 spiro atoms. The van der Waals surface area contributed by atoms with Crippen molar-refractivity contribution in [1.82, 2.24) is 9.21 Å². The fraction of sp³-hybridized carbons (Fsp3) is 0.526. The molecule has 1 heterocycles. The van der Waals surface area contributed by atoms with Gasteiger partial charge >= 0.3 is 11.9 Å². The zero-order chi connectivity index (χ0) is 21.6. The number of rotatable bonds is 7. The lowest BCUT2D eigenvalue weighted by Crippen LogP contribution is -2.47. The molecule has 0 radical (unpaired) electrons. The van der Waals surface area contributed by atoms with Crippen LogP contribution >= 0.6 is 0 Å². The summed E-state index contributed by atoms with van der Waals surface area (Å²) >= 11 is 0. The summed E-state index contributed by atoms with van der Waals surface area (Å²) in [6.07, 6.45) is 0.589. The number of methoxy groups -OCH3 is 2. The Balaban J connectivity index is 2.05. The SMILES string of the molecule is COC(=O)CN(CC(=O)OC)C(=O)C1CCN(S(=O)(=O)c2ccc(C)cc2)CC1. The van der Waals surface area contributed by atoms with Crippen LogP contribution < -0.4 is 0 Å². The first-order valence-electron chi connectivity index (χ1n) is 9.18. The van der Waals surface area contributed by atoms with Crippen molar-refractivity contribution in [3.8, 4) is 0 Å². The van der Waals surface area contributed by atoms with E-state index in [-0.39, 0.29) is 31.1 Å². The normalized spacial score (nSPS) is 15.6. The van der Waals surface area contributed by atoms with Gasteiger partial charge in [0.25, 0.3) is 0 Å². The second-order valence-electron chi connectivity index (χ2n) is 6.84. The third-order valence-corrected chi connectivity index (χ3v) is 6.78. The van der Waals surface area contributed by atoms with Gasteiger partial charge in [0.2, 0.25) is 15.9 Å². The highest BCUT2D eigenvalue weighted by molar-refractivity contribution is 7.89. The fourth-order valence-electron chi connectivity index (χ4n) is 3.11. The van der Waals surface area contributed by atoms with Crippen molar-refractivity contribution in [3.63, 3.8) is 0 Å². The number of aryl methyl sites for hydroxylation is 1. The molecule has 0 bridgehead atoms. The van der Waals surface area contributed by atoms with Crippen LogP contribution in [0, 0.1) is 12.8 Å². The van der Waals surface area contributed by atoms with Crippen LogP contribution in [0.2, 0.25) is 0 Å². The van der Waals surface area contributed by atoms with Gasteiger partial charge in [0, 0.05) is 19.0 Å². The van der Waals surface area contributed by atoms with Crippen LogP contribution in [-0.4, -0.2) is 75.9 Å². The second-order valence-corrected chi connectivity index (χ2v) is 8.78. The largest absolute Gasteiger partial charge is 0.468 e. The van der Waals surface area contributed by atoms with Gasteiger partial charge < -0.3 is 14.4 Å².